The summed E-state index contributed by atoms with van der Waals surface area (Å²) < 4.78 is 0. The first-order valence-corrected chi connectivity index (χ1v) is 8.09. The molecule has 0 aliphatic heterocycles. The number of nitrogens with one attached hydrogen (secondary N) is 2. The smallest absolute Gasteiger partial charge is 0.0457 e. The van der Waals surface area contributed by atoms with Crippen molar-refractivity contribution in [1.29, 1.82) is 0 Å². The Morgan fingerprint density at radius 1 is 1.25 bits per heavy atom. The van der Waals surface area contributed by atoms with Crippen LogP contribution in [0.1, 0.15) is 38.2 Å². The molecule has 0 saturated heterocycles. The molecule has 1 aromatic carbocycles. The summed E-state index contributed by atoms with van der Waals surface area (Å²) in [6, 6.07) is 9.23. The Bertz CT molecular complexity index is 600. The first kappa shape index (κ1) is 12.5. The summed E-state index contributed by atoms with van der Waals surface area (Å²) in [6.07, 6.45) is 8.10. The Morgan fingerprint density at radius 3 is 2.95 bits per heavy atom. The lowest BCUT2D eigenvalue weighted by Gasteiger charge is -2.28. The molecule has 4 atom stereocenters. The summed E-state index contributed by atoms with van der Waals surface area (Å²) in [7, 11) is 0. The Morgan fingerprint density at radius 2 is 2.15 bits per heavy atom. The van der Waals surface area contributed by atoms with Gasteiger partial charge in [0.1, 0.15) is 0 Å². The number of H-pyrrole nitrogens is 1. The Labute approximate surface area is 121 Å². The molecule has 2 N–H and O–H groups in total. The van der Waals surface area contributed by atoms with Crippen LogP contribution in [0.4, 0.5) is 0 Å². The van der Waals surface area contributed by atoms with Crippen molar-refractivity contribution in [2.45, 2.75) is 45.2 Å². The van der Waals surface area contributed by atoms with Crippen LogP contribution in [-0.2, 0) is 6.54 Å². The highest BCUT2D eigenvalue weighted by molar-refractivity contribution is 5.82. The van der Waals surface area contributed by atoms with Gasteiger partial charge < -0.3 is 10.3 Å². The van der Waals surface area contributed by atoms with E-state index in [-0.39, 0.29) is 0 Å². The fourth-order valence-corrected chi connectivity index (χ4v) is 4.61. The van der Waals surface area contributed by atoms with E-state index in [4.69, 9.17) is 0 Å². The molecular formula is C18H24N2. The molecule has 2 aliphatic rings. The second kappa shape index (κ2) is 4.92. The van der Waals surface area contributed by atoms with Crippen LogP contribution in [0.3, 0.4) is 0 Å². The first-order valence-electron chi connectivity index (χ1n) is 8.09. The summed E-state index contributed by atoms with van der Waals surface area (Å²) in [5.41, 5.74) is 2.65. The number of aromatic amines is 1. The van der Waals surface area contributed by atoms with Gasteiger partial charge in [-0.05, 0) is 55.6 Å². The molecule has 4 rings (SSSR count). The lowest BCUT2D eigenvalue weighted by molar-refractivity contribution is 0.259. The van der Waals surface area contributed by atoms with E-state index < -0.39 is 0 Å². The minimum absolute atomic E-state index is 0.652. The van der Waals surface area contributed by atoms with E-state index >= 15 is 0 Å². The van der Waals surface area contributed by atoms with Crippen molar-refractivity contribution < 1.29 is 0 Å². The number of aromatic nitrogens is 1. The van der Waals surface area contributed by atoms with Crippen molar-refractivity contribution in [1.82, 2.24) is 10.3 Å². The average molecular weight is 268 g/mol. The van der Waals surface area contributed by atoms with E-state index in [9.17, 15) is 0 Å². The van der Waals surface area contributed by atoms with Gasteiger partial charge in [-0.3, -0.25) is 0 Å². The largest absolute Gasteiger partial charge is 0.361 e. The van der Waals surface area contributed by atoms with Crippen LogP contribution in [0.2, 0.25) is 0 Å². The van der Waals surface area contributed by atoms with Gasteiger partial charge in [-0.25, -0.2) is 0 Å². The zero-order valence-electron chi connectivity index (χ0n) is 12.2. The van der Waals surface area contributed by atoms with Gasteiger partial charge in [0.05, 0.1) is 0 Å². The molecule has 0 spiro atoms. The van der Waals surface area contributed by atoms with E-state index in [1.54, 1.807) is 0 Å². The molecule has 0 amide bonds. The molecule has 2 aliphatic carbocycles. The van der Waals surface area contributed by atoms with Crippen molar-refractivity contribution in [2.75, 3.05) is 0 Å². The third kappa shape index (κ3) is 2.07. The zero-order valence-corrected chi connectivity index (χ0v) is 12.2. The van der Waals surface area contributed by atoms with E-state index in [1.165, 1.54) is 42.1 Å². The highest BCUT2D eigenvalue weighted by Crippen LogP contribution is 2.49. The molecule has 2 bridgehead atoms. The lowest BCUT2D eigenvalue weighted by atomic mass is 9.84. The summed E-state index contributed by atoms with van der Waals surface area (Å²) in [4.78, 5) is 3.37. The number of rotatable bonds is 4. The Kier molecular flexibility index (Phi) is 3.07. The predicted octanol–water partition coefficient (Wildman–Crippen LogP) is 4.08. The number of hydrogen-bond acceptors (Lipinski definition) is 1. The van der Waals surface area contributed by atoms with Crippen LogP contribution in [0.5, 0.6) is 0 Å². The van der Waals surface area contributed by atoms with Gasteiger partial charge in [-0.2, -0.15) is 0 Å². The molecule has 1 aromatic heterocycles. The van der Waals surface area contributed by atoms with E-state index in [2.05, 4.69) is 47.7 Å². The normalized spacial score (nSPS) is 30.1. The van der Waals surface area contributed by atoms with Crippen LogP contribution in [0.15, 0.2) is 30.5 Å². The number of para-hydroxylation sites is 1. The minimum atomic E-state index is 0.652. The van der Waals surface area contributed by atoms with Crippen LogP contribution in [0, 0.1) is 17.8 Å². The summed E-state index contributed by atoms with van der Waals surface area (Å²) in [5.74, 6) is 2.96. The second-order valence-corrected chi connectivity index (χ2v) is 6.87. The topological polar surface area (TPSA) is 27.8 Å². The molecule has 1 heterocycles. The molecule has 2 nitrogen and oxygen atoms in total. The zero-order chi connectivity index (χ0) is 13.5. The van der Waals surface area contributed by atoms with Crippen LogP contribution >= 0.6 is 0 Å². The molecule has 2 heteroatoms. The van der Waals surface area contributed by atoms with Crippen molar-refractivity contribution in [2.24, 2.45) is 17.8 Å². The molecule has 20 heavy (non-hydrogen) atoms. The quantitative estimate of drug-likeness (QED) is 0.859. The van der Waals surface area contributed by atoms with Crippen LogP contribution in [-0.4, -0.2) is 11.0 Å². The third-order valence-electron chi connectivity index (χ3n) is 5.72. The van der Waals surface area contributed by atoms with Crippen LogP contribution < -0.4 is 5.32 Å². The summed E-state index contributed by atoms with van der Waals surface area (Å²) in [5, 5.41) is 5.15. The van der Waals surface area contributed by atoms with Crippen molar-refractivity contribution in [3.05, 3.63) is 36.0 Å². The number of benzene rings is 1. The van der Waals surface area contributed by atoms with E-state index in [1.807, 2.05) is 0 Å². The standard InChI is InChI=1S/C18H24N2/c1-12(17-9-13-6-7-14(17)8-13)19-10-15-11-20-18-5-3-2-4-16(15)18/h2-5,11-14,17,19-20H,6-10H2,1H3. The lowest BCUT2D eigenvalue weighted by Crippen LogP contribution is -2.35. The second-order valence-electron chi connectivity index (χ2n) is 6.87. The maximum absolute atomic E-state index is 3.78. The van der Waals surface area contributed by atoms with Gasteiger partial charge in [0.2, 0.25) is 0 Å². The van der Waals surface area contributed by atoms with Crippen molar-refractivity contribution in [3.63, 3.8) is 0 Å². The maximum atomic E-state index is 3.78. The minimum Gasteiger partial charge on any atom is -0.361 e. The molecule has 0 radical (unpaired) electrons. The highest BCUT2D eigenvalue weighted by Gasteiger charge is 2.41. The maximum Gasteiger partial charge on any atom is 0.0457 e. The van der Waals surface area contributed by atoms with Crippen molar-refractivity contribution in [3.8, 4) is 0 Å². The first-order chi connectivity index (χ1) is 9.81. The van der Waals surface area contributed by atoms with Gasteiger partial charge in [0.25, 0.3) is 0 Å². The Balaban J connectivity index is 1.42. The molecular weight excluding hydrogens is 244 g/mol. The van der Waals surface area contributed by atoms with E-state index in [0.29, 0.717) is 6.04 Å². The SMILES string of the molecule is CC(NCc1c[nH]c2ccccc12)C1CC2CCC1C2. The third-order valence-corrected chi connectivity index (χ3v) is 5.72. The number of hydrogen-bond donors (Lipinski definition) is 2. The molecule has 4 unspecified atom stereocenters. The monoisotopic (exact) mass is 268 g/mol. The van der Waals surface area contributed by atoms with Gasteiger partial charge in [-0.15, -0.1) is 0 Å². The highest BCUT2D eigenvalue weighted by atomic mass is 14.9. The van der Waals surface area contributed by atoms with Crippen LogP contribution in [0.25, 0.3) is 10.9 Å². The Hall–Kier alpha value is -1.28. The molecule has 2 fully saturated rings. The van der Waals surface area contributed by atoms with Gasteiger partial charge in [0.15, 0.2) is 0 Å². The fraction of sp³-hybridized carbons (Fsp3) is 0.556. The summed E-state index contributed by atoms with van der Waals surface area (Å²) >= 11 is 0. The molecule has 2 aromatic rings. The van der Waals surface area contributed by atoms with Gasteiger partial charge in [-0.1, -0.05) is 24.6 Å². The fourth-order valence-electron chi connectivity index (χ4n) is 4.61. The van der Waals surface area contributed by atoms with E-state index in [0.717, 1.165) is 24.3 Å². The predicted molar refractivity (Wildman–Crippen MR) is 83.5 cm³/mol. The van der Waals surface area contributed by atoms with Crippen molar-refractivity contribution >= 4 is 10.9 Å². The van der Waals surface area contributed by atoms with Gasteiger partial charge >= 0.3 is 0 Å². The summed E-state index contributed by atoms with van der Waals surface area (Å²) in [6.45, 7) is 3.37. The number of fused-ring (bicyclic) bond motifs is 3. The average Bonchev–Trinajstić information content (AvgIpc) is 3.19. The van der Waals surface area contributed by atoms with Gasteiger partial charge in [0, 0.05) is 29.7 Å². The molecule has 2 saturated carbocycles. The molecule has 106 valence electrons.